The summed E-state index contributed by atoms with van der Waals surface area (Å²) in [6.07, 6.45) is 2.04. The number of nitrogens with zero attached hydrogens (tertiary/aromatic N) is 1. The monoisotopic (exact) mass is 245 g/mol. The molecule has 1 aliphatic rings. The lowest BCUT2D eigenvalue weighted by atomic mass is 10.0. The van der Waals surface area contributed by atoms with Crippen molar-refractivity contribution in [3.63, 3.8) is 0 Å². The molecule has 0 radical (unpaired) electrons. The number of aliphatic imine (C=N–C) groups is 1. The fourth-order valence-corrected chi connectivity index (χ4v) is 2.90. The second kappa shape index (κ2) is 4.41. The first-order valence-corrected chi connectivity index (χ1v) is 6.57. The molecule has 1 aliphatic heterocycles. The standard InChI is InChI=1S/C14H12FNS/c15-11-5-3-10(4-6-11)12-7-8-13(16-12)14-2-1-9-17-14/h1-6,9,12H,7-8H2/t12-/m0/s1. The van der Waals surface area contributed by atoms with E-state index >= 15 is 0 Å². The van der Waals surface area contributed by atoms with Crippen LogP contribution in [0, 0.1) is 5.82 Å². The summed E-state index contributed by atoms with van der Waals surface area (Å²) in [5.41, 5.74) is 2.30. The fraction of sp³-hybridized carbons (Fsp3) is 0.214. The minimum atomic E-state index is -0.186. The number of thiophene rings is 1. The van der Waals surface area contributed by atoms with Gasteiger partial charge in [0.2, 0.25) is 0 Å². The molecular formula is C14H12FNS. The van der Waals surface area contributed by atoms with Crippen LogP contribution < -0.4 is 0 Å². The van der Waals surface area contributed by atoms with Crippen LogP contribution in [0.5, 0.6) is 0 Å². The molecule has 1 atom stereocenters. The van der Waals surface area contributed by atoms with Gasteiger partial charge >= 0.3 is 0 Å². The van der Waals surface area contributed by atoms with Crippen LogP contribution in [-0.4, -0.2) is 5.71 Å². The third-order valence-corrected chi connectivity index (χ3v) is 3.95. The number of hydrogen-bond donors (Lipinski definition) is 0. The first kappa shape index (κ1) is 10.7. The van der Waals surface area contributed by atoms with E-state index in [0.717, 1.165) is 18.4 Å². The molecule has 0 bridgehead atoms. The van der Waals surface area contributed by atoms with Gasteiger partial charge in [-0.3, -0.25) is 4.99 Å². The van der Waals surface area contributed by atoms with Gasteiger partial charge in [-0.05, 0) is 42.0 Å². The van der Waals surface area contributed by atoms with Crippen LogP contribution in [0.2, 0.25) is 0 Å². The molecule has 0 unspecified atom stereocenters. The Kier molecular flexibility index (Phi) is 2.77. The highest BCUT2D eigenvalue weighted by atomic mass is 32.1. The van der Waals surface area contributed by atoms with Crippen LogP contribution in [0.4, 0.5) is 4.39 Å². The van der Waals surface area contributed by atoms with Crippen molar-refractivity contribution >= 4 is 17.0 Å². The molecule has 0 fully saturated rings. The topological polar surface area (TPSA) is 12.4 Å². The van der Waals surface area contributed by atoms with Crippen LogP contribution in [0.3, 0.4) is 0 Å². The van der Waals surface area contributed by atoms with Gasteiger partial charge in [-0.25, -0.2) is 4.39 Å². The van der Waals surface area contributed by atoms with Crippen molar-refractivity contribution in [3.8, 4) is 0 Å². The number of rotatable bonds is 2. The normalized spacial score (nSPS) is 19.4. The summed E-state index contributed by atoms with van der Waals surface area (Å²) >= 11 is 1.73. The van der Waals surface area contributed by atoms with Crippen LogP contribution in [0.1, 0.15) is 29.3 Å². The molecule has 0 aliphatic carbocycles. The van der Waals surface area contributed by atoms with Crippen molar-refractivity contribution in [1.29, 1.82) is 0 Å². The average Bonchev–Trinajstić information content (AvgIpc) is 3.00. The van der Waals surface area contributed by atoms with Crippen molar-refractivity contribution in [3.05, 3.63) is 58.0 Å². The summed E-state index contributed by atoms with van der Waals surface area (Å²) in [4.78, 5) is 5.99. The number of benzene rings is 1. The largest absolute Gasteiger partial charge is 0.280 e. The molecule has 0 saturated carbocycles. The third kappa shape index (κ3) is 2.15. The molecule has 17 heavy (non-hydrogen) atoms. The van der Waals surface area contributed by atoms with E-state index < -0.39 is 0 Å². The maximum absolute atomic E-state index is 12.8. The van der Waals surface area contributed by atoms with Crippen molar-refractivity contribution in [2.45, 2.75) is 18.9 Å². The third-order valence-electron chi connectivity index (χ3n) is 3.03. The lowest BCUT2D eigenvalue weighted by molar-refractivity contribution is 0.624. The Morgan fingerprint density at radius 2 is 2.00 bits per heavy atom. The first-order chi connectivity index (χ1) is 8.33. The molecule has 0 spiro atoms. The smallest absolute Gasteiger partial charge is 0.123 e. The summed E-state index contributed by atoms with van der Waals surface area (Å²) in [7, 11) is 0. The van der Waals surface area contributed by atoms with E-state index in [1.165, 1.54) is 22.7 Å². The van der Waals surface area contributed by atoms with Gasteiger partial charge in [0.05, 0.1) is 11.8 Å². The van der Waals surface area contributed by atoms with Crippen molar-refractivity contribution in [2.24, 2.45) is 4.99 Å². The Balaban J connectivity index is 1.85. The number of halogens is 1. The van der Waals surface area contributed by atoms with E-state index in [2.05, 4.69) is 11.4 Å². The SMILES string of the molecule is Fc1ccc([C@@H]2CCC(c3cccs3)=N2)cc1. The molecule has 0 amide bonds. The molecule has 0 N–H and O–H groups in total. The van der Waals surface area contributed by atoms with Crippen LogP contribution >= 0.6 is 11.3 Å². The van der Waals surface area contributed by atoms with Gasteiger partial charge in [0.1, 0.15) is 5.82 Å². The van der Waals surface area contributed by atoms with Crippen molar-refractivity contribution in [2.75, 3.05) is 0 Å². The predicted molar refractivity (Wildman–Crippen MR) is 69.2 cm³/mol. The lowest BCUT2D eigenvalue weighted by Gasteiger charge is -2.05. The highest BCUT2D eigenvalue weighted by Gasteiger charge is 2.20. The molecule has 3 heteroatoms. The summed E-state index contributed by atoms with van der Waals surface area (Å²) in [6.45, 7) is 0. The van der Waals surface area contributed by atoms with E-state index in [9.17, 15) is 4.39 Å². The van der Waals surface area contributed by atoms with Gasteiger partial charge < -0.3 is 0 Å². The Labute approximate surface area is 104 Å². The van der Waals surface area contributed by atoms with Gasteiger partial charge in [-0.15, -0.1) is 11.3 Å². The molecule has 2 aromatic rings. The summed E-state index contributed by atoms with van der Waals surface area (Å²) in [5, 5.41) is 2.07. The molecule has 1 nitrogen and oxygen atoms in total. The Morgan fingerprint density at radius 1 is 1.18 bits per heavy atom. The second-order valence-electron chi connectivity index (χ2n) is 4.16. The molecule has 3 rings (SSSR count). The predicted octanol–water partition coefficient (Wildman–Crippen LogP) is 4.21. The highest BCUT2D eigenvalue weighted by molar-refractivity contribution is 7.12. The Hall–Kier alpha value is -1.48. The Morgan fingerprint density at radius 3 is 2.71 bits per heavy atom. The van der Waals surface area contributed by atoms with Crippen molar-refractivity contribution in [1.82, 2.24) is 0 Å². The summed E-state index contributed by atoms with van der Waals surface area (Å²) in [5.74, 6) is -0.186. The van der Waals surface area contributed by atoms with Gasteiger partial charge in [-0.2, -0.15) is 0 Å². The summed E-state index contributed by atoms with van der Waals surface area (Å²) < 4.78 is 12.8. The number of hydrogen-bond acceptors (Lipinski definition) is 2. The zero-order chi connectivity index (χ0) is 11.7. The summed E-state index contributed by atoms with van der Waals surface area (Å²) in [6, 6.07) is 11.0. The van der Waals surface area contributed by atoms with Crippen LogP contribution in [-0.2, 0) is 0 Å². The average molecular weight is 245 g/mol. The maximum atomic E-state index is 12.8. The molecule has 0 saturated heterocycles. The van der Waals surface area contributed by atoms with E-state index in [0.29, 0.717) is 0 Å². The second-order valence-corrected chi connectivity index (χ2v) is 5.11. The van der Waals surface area contributed by atoms with Gasteiger partial charge in [0.25, 0.3) is 0 Å². The minimum Gasteiger partial charge on any atom is -0.280 e. The molecule has 1 aromatic carbocycles. The molecular weight excluding hydrogens is 233 g/mol. The fourth-order valence-electron chi connectivity index (χ4n) is 2.15. The Bertz CT molecular complexity index is 528. The van der Waals surface area contributed by atoms with Crippen LogP contribution in [0.25, 0.3) is 0 Å². The van der Waals surface area contributed by atoms with Crippen LogP contribution in [0.15, 0.2) is 46.8 Å². The van der Waals surface area contributed by atoms with E-state index in [1.54, 1.807) is 11.3 Å². The quantitative estimate of drug-likeness (QED) is 0.751. The van der Waals surface area contributed by atoms with E-state index in [-0.39, 0.29) is 11.9 Å². The van der Waals surface area contributed by atoms with Gasteiger partial charge in [0.15, 0.2) is 0 Å². The van der Waals surface area contributed by atoms with Crippen molar-refractivity contribution < 1.29 is 4.39 Å². The minimum absolute atomic E-state index is 0.186. The molecule has 86 valence electrons. The van der Waals surface area contributed by atoms with Gasteiger partial charge in [-0.1, -0.05) is 18.2 Å². The highest BCUT2D eigenvalue weighted by Crippen LogP contribution is 2.31. The maximum Gasteiger partial charge on any atom is 0.123 e. The van der Waals surface area contributed by atoms with Gasteiger partial charge in [0, 0.05) is 4.88 Å². The van der Waals surface area contributed by atoms with E-state index in [4.69, 9.17) is 4.99 Å². The van der Waals surface area contributed by atoms with E-state index in [1.807, 2.05) is 18.2 Å². The zero-order valence-electron chi connectivity index (χ0n) is 9.27. The lowest BCUT2D eigenvalue weighted by Crippen LogP contribution is -1.90. The molecule has 2 heterocycles. The first-order valence-electron chi connectivity index (χ1n) is 5.69. The zero-order valence-corrected chi connectivity index (χ0v) is 10.1. The molecule has 1 aromatic heterocycles.